The Morgan fingerprint density at radius 3 is 2.43 bits per heavy atom. The van der Waals surface area contributed by atoms with E-state index in [1.807, 2.05) is 42.5 Å². The first-order chi connectivity index (χ1) is 14.8. The number of hydrogen-bond acceptors (Lipinski definition) is 4. The summed E-state index contributed by atoms with van der Waals surface area (Å²) in [5.74, 6) is 1.04. The first kappa shape index (κ1) is 20.2. The molecule has 1 aromatic heterocycles. The number of benzene rings is 2. The van der Waals surface area contributed by atoms with E-state index in [0.717, 1.165) is 50.3 Å². The molecule has 30 heavy (non-hydrogen) atoms. The Kier molecular flexibility index (Phi) is 6.83. The average molecular weight is 404 g/mol. The van der Waals surface area contributed by atoms with Crippen LogP contribution in [0.3, 0.4) is 0 Å². The van der Waals surface area contributed by atoms with Gasteiger partial charge in [-0.3, -0.25) is 4.79 Å². The van der Waals surface area contributed by atoms with Crippen LogP contribution in [0, 0.1) is 0 Å². The first-order valence-corrected chi connectivity index (χ1v) is 10.7. The smallest absolute Gasteiger partial charge is 0.224 e. The topological polar surface area (TPSA) is 57.5 Å². The second-order valence-corrected chi connectivity index (χ2v) is 7.80. The molecule has 0 atom stereocenters. The fourth-order valence-corrected chi connectivity index (χ4v) is 3.88. The van der Waals surface area contributed by atoms with E-state index in [-0.39, 0.29) is 5.91 Å². The van der Waals surface area contributed by atoms with Crippen molar-refractivity contribution < 1.29 is 9.21 Å². The van der Waals surface area contributed by atoms with Gasteiger partial charge in [0.15, 0.2) is 0 Å². The van der Waals surface area contributed by atoms with Gasteiger partial charge in [-0.2, -0.15) is 0 Å². The molecule has 0 saturated carbocycles. The molecule has 0 radical (unpaired) electrons. The molecule has 1 aliphatic heterocycles. The minimum Gasteiger partial charge on any atom is -0.468 e. The van der Waals surface area contributed by atoms with Gasteiger partial charge in [0.25, 0.3) is 0 Å². The highest BCUT2D eigenvalue weighted by atomic mass is 16.3. The lowest BCUT2D eigenvalue weighted by Gasteiger charge is -2.34. The molecule has 2 heterocycles. The van der Waals surface area contributed by atoms with Crippen molar-refractivity contribution in [1.29, 1.82) is 0 Å². The largest absolute Gasteiger partial charge is 0.468 e. The Hall–Kier alpha value is -3.05. The van der Waals surface area contributed by atoms with Crippen molar-refractivity contribution in [1.82, 2.24) is 5.32 Å². The molecule has 2 aromatic carbocycles. The van der Waals surface area contributed by atoms with Crippen molar-refractivity contribution >= 4 is 17.3 Å². The maximum atomic E-state index is 12.2. The minimum atomic E-state index is 0.0510. The standard InChI is InChI=1S/C25H29N3O2/c29-25(13-8-20-5-2-1-3-6-20)27-22-9-11-23(12-10-22)28-16-14-21(15-17-28)26-19-24-7-4-18-30-24/h1-7,9-12,18,21,26H,8,13-17,19H2,(H,27,29). The summed E-state index contributed by atoms with van der Waals surface area (Å²) in [6.07, 6.45) is 5.18. The molecule has 2 N–H and O–H groups in total. The van der Waals surface area contributed by atoms with Crippen LogP contribution in [0.4, 0.5) is 11.4 Å². The summed E-state index contributed by atoms with van der Waals surface area (Å²) in [4.78, 5) is 14.6. The molecule has 5 nitrogen and oxygen atoms in total. The Labute approximate surface area is 178 Å². The Morgan fingerprint density at radius 2 is 1.73 bits per heavy atom. The fourth-order valence-electron chi connectivity index (χ4n) is 3.88. The van der Waals surface area contributed by atoms with Crippen LogP contribution in [0.15, 0.2) is 77.4 Å². The SMILES string of the molecule is O=C(CCc1ccccc1)Nc1ccc(N2CCC(NCc3ccco3)CC2)cc1. The molecule has 0 spiro atoms. The van der Waals surface area contributed by atoms with Gasteiger partial charge in [0, 0.05) is 36.9 Å². The first-order valence-electron chi connectivity index (χ1n) is 10.7. The summed E-state index contributed by atoms with van der Waals surface area (Å²) in [6.45, 7) is 2.84. The summed E-state index contributed by atoms with van der Waals surface area (Å²) in [6, 6.07) is 22.8. The highest BCUT2D eigenvalue weighted by Crippen LogP contribution is 2.22. The van der Waals surface area contributed by atoms with Gasteiger partial charge in [0.1, 0.15) is 5.76 Å². The Balaban J connectivity index is 1.20. The third-order valence-corrected chi connectivity index (χ3v) is 5.64. The van der Waals surface area contributed by atoms with E-state index in [1.54, 1.807) is 6.26 Å². The number of aryl methyl sites for hydroxylation is 1. The number of piperidine rings is 1. The summed E-state index contributed by atoms with van der Waals surface area (Å²) >= 11 is 0. The quantitative estimate of drug-likeness (QED) is 0.577. The highest BCUT2D eigenvalue weighted by molar-refractivity contribution is 5.91. The third-order valence-electron chi connectivity index (χ3n) is 5.64. The molecule has 1 fully saturated rings. The monoisotopic (exact) mass is 403 g/mol. The van der Waals surface area contributed by atoms with Gasteiger partial charge in [-0.05, 0) is 61.2 Å². The molecule has 1 amide bonds. The second-order valence-electron chi connectivity index (χ2n) is 7.80. The van der Waals surface area contributed by atoms with Crippen molar-refractivity contribution in [3.63, 3.8) is 0 Å². The van der Waals surface area contributed by atoms with E-state index in [4.69, 9.17) is 4.42 Å². The van der Waals surface area contributed by atoms with Crippen LogP contribution >= 0.6 is 0 Å². The number of furan rings is 1. The Morgan fingerprint density at radius 1 is 0.967 bits per heavy atom. The van der Waals surface area contributed by atoms with E-state index >= 15 is 0 Å². The Bertz CT molecular complexity index is 899. The number of anilines is 2. The van der Waals surface area contributed by atoms with Gasteiger partial charge >= 0.3 is 0 Å². The van der Waals surface area contributed by atoms with E-state index in [0.29, 0.717) is 12.5 Å². The maximum Gasteiger partial charge on any atom is 0.224 e. The van der Waals surface area contributed by atoms with E-state index in [9.17, 15) is 4.79 Å². The number of hydrogen-bond donors (Lipinski definition) is 2. The number of carbonyl (C=O) groups is 1. The summed E-state index contributed by atoms with van der Waals surface area (Å²) < 4.78 is 5.39. The van der Waals surface area contributed by atoms with Crippen LogP contribution in [0.1, 0.15) is 30.6 Å². The molecule has 0 bridgehead atoms. The number of nitrogens with zero attached hydrogens (tertiary/aromatic N) is 1. The number of amides is 1. The van der Waals surface area contributed by atoms with Gasteiger partial charge in [0.05, 0.1) is 12.8 Å². The predicted molar refractivity (Wildman–Crippen MR) is 121 cm³/mol. The summed E-state index contributed by atoms with van der Waals surface area (Å²) in [5.41, 5.74) is 3.25. The van der Waals surface area contributed by atoms with Crippen LogP contribution in [0.25, 0.3) is 0 Å². The average Bonchev–Trinajstić information content (AvgIpc) is 3.32. The molecule has 0 unspecified atom stereocenters. The molecule has 156 valence electrons. The van der Waals surface area contributed by atoms with Crippen LogP contribution < -0.4 is 15.5 Å². The van der Waals surface area contributed by atoms with Crippen molar-refractivity contribution in [2.45, 2.75) is 38.3 Å². The zero-order valence-electron chi connectivity index (χ0n) is 17.2. The zero-order chi connectivity index (χ0) is 20.6. The van der Waals surface area contributed by atoms with E-state index in [1.165, 1.54) is 11.3 Å². The molecule has 4 rings (SSSR count). The zero-order valence-corrected chi connectivity index (χ0v) is 17.2. The summed E-state index contributed by atoms with van der Waals surface area (Å²) in [5, 5.41) is 6.59. The number of rotatable bonds is 8. The van der Waals surface area contributed by atoms with Crippen LogP contribution in [0.2, 0.25) is 0 Å². The van der Waals surface area contributed by atoms with Gasteiger partial charge in [-0.15, -0.1) is 0 Å². The van der Waals surface area contributed by atoms with Crippen LogP contribution in [-0.4, -0.2) is 25.0 Å². The van der Waals surface area contributed by atoms with E-state index in [2.05, 4.69) is 39.8 Å². The lowest BCUT2D eigenvalue weighted by Crippen LogP contribution is -2.42. The van der Waals surface area contributed by atoms with Gasteiger partial charge in [0.2, 0.25) is 5.91 Å². The normalized spacial score (nSPS) is 14.6. The minimum absolute atomic E-state index is 0.0510. The number of nitrogens with one attached hydrogen (secondary N) is 2. The van der Waals surface area contributed by atoms with Gasteiger partial charge in [-0.25, -0.2) is 0 Å². The molecule has 1 aliphatic rings. The third kappa shape index (κ3) is 5.74. The van der Waals surface area contributed by atoms with Crippen molar-refractivity contribution in [3.05, 3.63) is 84.3 Å². The van der Waals surface area contributed by atoms with Crippen LogP contribution in [-0.2, 0) is 17.8 Å². The maximum absolute atomic E-state index is 12.2. The lowest BCUT2D eigenvalue weighted by molar-refractivity contribution is -0.116. The highest BCUT2D eigenvalue weighted by Gasteiger charge is 2.19. The second kappa shape index (κ2) is 10.1. The fraction of sp³-hybridized carbons (Fsp3) is 0.320. The molecule has 0 aliphatic carbocycles. The van der Waals surface area contributed by atoms with E-state index < -0.39 is 0 Å². The van der Waals surface area contributed by atoms with Gasteiger partial charge < -0.3 is 20.0 Å². The van der Waals surface area contributed by atoms with Crippen LogP contribution in [0.5, 0.6) is 0 Å². The molecule has 1 saturated heterocycles. The molecule has 3 aromatic rings. The van der Waals surface area contributed by atoms with Crippen molar-refractivity contribution in [2.75, 3.05) is 23.3 Å². The molecular formula is C25H29N3O2. The predicted octanol–water partition coefficient (Wildman–Crippen LogP) is 4.61. The van der Waals surface area contributed by atoms with Crippen molar-refractivity contribution in [3.8, 4) is 0 Å². The summed E-state index contributed by atoms with van der Waals surface area (Å²) in [7, 11) is 0. The molecular weight excluding hydrogens is 374 g/mol. The van der Waals surface area contributed by atoms with Crippen molar-refractivity contribution in [2.24, 2.45) is 0 Å². The number of carbonyl (C=O) groups excluding carboxylic acids is 1. The van der Waals surface area contributed by atoms with Gasteiger partial charge in [-0.1, -0.05) is 30.3 Å². The lowest BCUT2D eigenvalue weighted by atomic mass is 10.0. The molecule has 5 heteroatoms.